The van der Waals surface area contributed by atoms with Gasteiger partial charge in [0.05, 0.1) is 0 Å². The number of nitrogens with zero attached hydrogens (tertiary/aromatic N) is 4. The largest absolute Gasteiger partial charge is 0.359 e. The Bertz CT molecular complexity index is 1200. The fraction of sp³-hybridized carbons (Fsp3) is 0.409. The Kier molecular flexibility index (Phi) is 6.50. The Balaban J connectivity index is 1.48. The molecule has 32 heavy (non-hydrogen) atoms. The lowest BCUT2D eigenvalue weighted by atomic mass is 9.96. The zero-order valence-corrected chi connectivity index (χ0v) is 18.9. The first-order valence-electron chi connectivity index (χ1n) is 10.7. The molecule has 0 spiro atoms. The molecule has 0 unspecified atom stereocenters. The first-order valence-corrected chi connectivity index (χ1v) is 11.5. The molecule has 3 heterocycles. The summed E-state index contributed by atoms with van der Waals surface area (Å²) in [6.45, 7) is 3.30. The fourth-order valence-electron chi connectivity index (χ4n) is 3.92. The number of carbonyl (C=O) groups excluding carboxylic acids is 2. The molecule has 0 atom stereocenters. The molecule has 2 N–H and O–H groups in total. The van der Waals surface area contributed by atoms with Crippen molar-refractivity contribution in [3.05, 3.63) is 46.5 Å². The SMILES string of the molecule is CCc1ccccc1NC(=O)Cn1cnc2nc(N3CCC(C(=O)NC)CC3)sc2c1=O. The van der Waals surface area contributed by atoms with Crippen LogP contribution < -0.4 is 21.1 Å². The average Bonchev–Trinajstić information content (AvgIpc) is 3.26. The van der Waals surface area contributed by atoms with E-state index < -0.39 is 0 Å². The number of aryl methyl sites for hydroxylation is 1. The van der Waals surface area contributed by atoms with E-state index in [1.165, 1.54) is 22.2 Å². The number of carbonyl (C=O) groups is 2. The minimum atomic E-state index is -0.282. The second-order valence-electron chi connectivity index (χ2n) is 7.76. The third kappa shape index (κ3) is 4.50. The standard InChI is InChI=1S/C22H26N6O3S/c1-3-14-6-4-5-7-16(14)25-17(29)12-28-13-24-19-18(21(28)31)32-22(26-19)27-10-8-15(9-11-27)20(30)23-2/h4-7,13,15H,3,8-12H2,1-2H3,(H,23,30)(H,25,29). The molecule has 168 valence electrons. The van der Waals surface area contributed by atoms with Crippen molar-refractivity contribution >= 4 is 44.3 Å². The number of benzene rings is 1. The maximum Gasteiger partial charge on any atom is 0.273 e. The van der Waals surface area contributed by atoms with E-state index >= 15 is 0 Å². The first-order chi connectivity index (χ1) is 15.5. The number of hydrogen-bond donors (Lipinski definition) is 2. The number of hydrogen-bond acceptors (Lipinski definition) is 7. The Hall–Kier alpha value is -3.27. The van der Waals surface area contributed by atoms with Gasteiger partial charge in [-0.05, 0) is 30.9 Å². The third-order valence-corrected chi connectivity index (χ3v) is 6.83. The number of nitrogens with one attached hydrogen (secondary N) is 2. The highest BCUT2D eigenvalue weighted by atomic mass is 32.1. The van der Waals surface area contributed by atoms with E-state index in [1.54, 1.807) is 7.05 Å². The lowest BCUT2D eigenvalue weighted by molar-refractivity contribution is -0.125. The van der Waals surface area contributed by atoms with E-state index in [0.717, 1.165) is 35.6 Å². The predicted molar refractivity (Wildman–Crippen MR) is 125 cm³/mol. The van der Waals surface area contributed by atoms with Crippen LogP contribution in [0.3, 0.4) is 0 Å². The van der Waals surface area contributed by atoms with Gasteiger partial charge in [0.1, 0.15) is 17.6 Å². The second-order valence-corrected chi connectivity index (χ2v) is 8.74. The number of aromatic nitrogens is 3. The topological polar surface area (TPSA) is 109 Å². The van der Waals surface area contributed by atoms with Crippen LogP contribution >= 0.6 is 11.3 Å². The minimum absolute atomic E-state index is 0.0114. The number of para-hydroxylation sites is 1. The molecule has 0 bridgehead atoms. The van der Waals surface area contributed by atoms with E-state index in [9.17, 15) is 14.4 Å². The molecule has 0 aliphatic carbocycles. The molecule has 3 aromatic rings. The molecule has 1 aliphatic rings. The van der Waals surface area contributed by atoms with Crippen molar-refractivity contribution in [3.63, 3.8) is 0 Å². The summed E-state index contributed by atoms with van der Waals surface area (Å²) in [7, 11) is 1.65. The quantitative estimate of drug-likeness (QED) is 0.590. The molecular formula is C22H26N6O3S. The lowest BCUT2D eigenvalue weighted by Gasteiger charge is -2.30. The fourth-order valence-corrected chi connectivity index (χ4v) is 4.94. The smallest absolute Gasteiger partial charge is 0.273 e. The first kappa shape index (κ1) is 21.9. The van der Waals surface area contributed by atoms with Crippen LogP contribution in [0.25, 0.3) is 10.3 Å². The van der Waals surface area contributed by atoms with Crippen molar-refractivity contribution in [1.29, 1.82) is 0 Å². The summed E-state index contributed by atoms with van der Waals surface area (Å²) in [6, 6.07) is 7.61. The van der Waals surface area contributed by atoms with Crippen LogP contribution in [0.2, 0.25) is 0 Å². The van der Waals surface area contributed by atoms with E-state index in [-0.39, 0.29) is 29.8 Å². The Labute approximate surface area is 189 Å². The number of amides is 2. The summed E-state index contributed by atoms with van der Waals surface area (Å²) in [5.74, 6) is -0.203. The van der Waals surface area contributed by atoms with Gasteiger partial charge in [0.25, 0.3) is 5.56 Å². The molecule has 1 fully saturated rings. The van der Waals surface area contributed by atoms with Gasteiger partial charge in [-0.2, -0.15) is 4.98 Å². The van der Waals surface area contributed by atoms with E-state index in [2.05, 4.69) is 25.5 Å². The molecule has 1 aromatic carbocycles. The van der Waals surface area contributed by atoms with Crippen molar-refractivity contribution in [3.8, 4) is 0 Å². The van der Waals surface area contributed by atoms with Crippen LogP contribution in [0.1, 0.15) is 25.3 Å². The summed E-state index contributed by atoms with van der Waals surface area (Å²) in [5, 5.41) is 6.31. The van der Waals surface area contributed by atoms with Crippen LogP contribution in [-0.2, 0) is 22.6 Å². The molecule has 9 nitrogen and oxygen atoms in total. The third-order valence-electron chi connectivity index (χ3n) is 5.74. The van der Waals surface area contributed by atoms with Crippen LogP contribution in [0.5, 0.6) is 0 Å². The molecule has 10 heteroatoms. The summed E-state index contributed by atoms with van der Waals surface area (Å²) in [5.41, 5.74) is 1.89. The van der Waals surface area contributed by atoms with Gasteiger partial charge in [-0.15, -0.1) is 0 Å². The van der Waals surface area contributed by atoms with Gasteiger partial charge in [0.2, 0.25) is 11.8 Å². The number of rotatable bonds is 6. The summed E-state index contributed by atoms with van der Waals surface area (Å²) >= 11 is 1.28. The predicted octanol–water partition coefficient (Wildman–Crippen LogP) is 2.02. The van der Waals surface area contributed by atoms with E-state index in [0.29, 0.717) is 23.4 Å². The van der Waals surface area contributed by atoms with Crippen molar-refractivity contribution in [2.45, 2.75) is 32.7 Å². The number of anilines is 2. The normalized spacial score (nSPS) is 14.5. The highest BCUT2D eigenvalue weighted by molar-refractivity contribution is 7.22. The molecule has 0 saturated carbocycles. The highest BCUT2D eigenvalue weighted by Gasteiger charge is 2.26. The summed E-state index contributed by atoms with van der Waals surface area (Å²) in [4.78, 5) is 48.3. The molecule has 1 aliphatic heterocycles. The lowest BCUT2D eigenvalue weighted by Crippen LogP contribution is -2.39. The van der Waals surface area contributed by atoms with Crippen LogP contribution in [-0.4, -0.2) is 46.5 Å². The van der Waals surface area contributed by atoms with Gasteiger partial charge in [-0.25, -0.2) is 4.98 Å². The number of fused-ring (bicyclic) bond motifs is 1. The Morgan fingerprint density at radius 1 is 1.22 bits per heavy atom. The molecule has 0 radical (unpaired) electrons. The summed E-state index contributed by atoms with van der Waals surface area (Å²) < 4.78 is 1.74. The van der Waals surface area contributed by atoms with Crippen LogP contribution in [0, 0.1) is 5.92 Å². The molecule has 1 saturated heterocycles. The minimum Gasteiger partial charge on any atom is -0.359 e. The van der Waals surface area contributed by atoms with Crippen LogP contribution in [0.15, 0.2) is 35.4 Å². The average molecular weight is 455 g/mol. The van der Waals surface area contributed by atoms with Crippen molar-refractivity contribution in [2.24, 2.45) is 5.92 Å². The van der Waals surface area contributed by atoms with Crippen LogP contribution in [0.4, 0.5) is 10.8 Å². The number of thiazole rings is 1. The maximum atomic E-state index is 13.0. The van der Waals surface area contributed by atoms with Crippen molar-refractivity contribution < 1.29 is 9.59 Å². The maximum absolute atomic E-state index is 13.0. The highest BCUT2D eigenvalue weighted by Crippen LogP contribution is 2.29. The van der Waals surface area contributed by atoms with Crippen molar-refractivity contribution in [2.75, 3.05) is 30.4 Å². The Morgan fingerprint density at radius 2 is 1.97 bits per heavy atom. The molecular weight excluding hydrogens is 428 g/mol. The van der Waals surface area contributed by atoms with Gasteiger partial charge < -0.3 is 15.5 Å². The zero-order valence-electron chi connectivity index (χ0n) is 18.1. The number of piperidine rings is 1. The van der Waals surface area contributed by atoms with Gasteiger partial charge >= 0.3 is 0 Å². The Morgan fingerprint density at radius 3 is 2.69 bits per heavy atom. The second kappa shape index (κ2) is 9.47. The van der Waals surface area contributed by atoms with Crippen molar-refractivity contribution in [1.82, 2.24) is 19.9 Å². The van der Waals surface area contributed by atoms with E-state index in [4.69, 9.17) is 0 Å². The van der Waals surface area contributed by atoms with Gasteiger partial charge in [0.15, 0.2) is 10.8 Å². The molecule has 4 rings (SSSR count). The molecule has 2 amide bonds. The van der Waals surface area contributed by atoms with Gasteiger partial charge in [-0.1, -0.05) is 36.5 Å². The molecule has 2 aromatic heterocycles. The van der Waals surface area contributed by atoms with Gasteiger partial charge in [-0.3, -0.25) is 19.0 Å². The van der Waals surface area contributed by atoms with E-state index in [1.807, 2.05) is 31.2 Å². The summed E-state index contributed by atoms with van der Waals surface area (Å²) in [6.07, 6.45) is 3.66. The van der Waals surface area contributed by atoms with Gasteiger partial charge in [0, 0.05) is 31.7 Å². The monoisotopic (exact) mass is 454 g/mol. The zero-order chi connectivity index (χ0) is 22.7.